The fourth-order valence-electron chi connectivity index (χ4n) is 5.35. The zero-order valence-electron chi connectivity index (χ0n) is 21.8. The van der Waals surface area contributed by atoms with Crippen LogP contribution in [0.15, 0.2) is 72.8 Å². The highest BCUT2D eigenvalue weighted by Crippen LogP contribution is 2.25. The molecule has 7 heteroatoms. The average molecular weight is 519 g/mol. The molecule has 1 saturated heterocycles. The van der Waals surface area contributed by atoms with Crippen LogP contribution in [-0.4, -0.2) is 59.6 Å². The molecule has 1 fully saturated rings. The van der Waals surface area contributed by atoms with Crippen LogP contribution in [0, 0.1) is 11.8 Å². The minimum absolute atomic E-state index is 0.0465. The first-order chi connectivity index (χ1) is 18.5. The van der Waals surface area contributed by atoms with Crippen LogP contribution in [0.4, 0.5) is 0 Å². The predicted octanol–water partition coefficient (Wildman–Crippen LogP) is 3.46. The minimum atomic E-state index is -0.509. The third-order valence-electron chi connectivity index (χ3n) is 7.44. The summed E-state index contributed by atoms with van der Waals surface area (Å²) in [4.78, 5) is 41.3. The van der Waals surface area contributed by atoms with E-state index in [1.54, 1.807) is 4.90 Å². The maximum absolute atomic E-state index is 13.5. The van der Waals surface area contributed by atoms with Crippen LogP contribution in [0.3, 0.4) is 0 Å². The smallest absolute Gasteiger partial charge is 0.309 e. The molecule has 2 aromatic carbocycles. The fourth-order valence-corrected chi connectivity index (χ4v) is 5.35. The van der Waals surface area contributed by atoms with Crippen molar-refractivity contribution in [3.63, 3.8) is 0 Å². The van der Waals surface area contributed by atoms with Gasteiger partial charge in [0.2, 0.25) is 11.8 Å². The van der Waals surface area contributed by atoms with Crippen molar-refractivity contribution in [1.29, 1.82) is 0 Å². The van der Waals surface area contributed by atoms with E-state index >= 15 is 0 Å². The van der Waals surface area contributed by atoms with Crippen LogP contribution in [-0.2, 0) is 32.0 Å². The van der Waals surface area contributed by atoms with Gasteiger partial charge in [0.1, 0.15) is 6.61 Å². The van der Waals surface area contributed by atoms with E-state index in [-0.39, 0.29) is 49.4 Å². The average Bonchev–Trinajstić information content (AvgIpc) is 3.41. The number of allylic oxidation sites excluding steroid dienone is 2. The van der Waals surface area contributed by atoms with Crippen LogP contribution in [0.25, 0.3) is 0 Å². The Kier molecular flexibility index (Phi) is 10.1. The van der Waals surface area contributed by atoms with E-state index in [1.165, 1.54) is 0 Å². The quantitative estimate of drug-likeness (QED) is 0.412. The van der Waals surface area contributed by atoms with Crippen LogP contribution >= 0.6 is 0 Å². The third-order valence-corrected chi connectivity index (χ3v) is 7.44. The number of cyclic esters (lactones) is 1. The highest BCUT2D eigenvalue weighted by atomic mass is 16.5. The number of hydrogen-bond donors (Lipinski definition) is 2. The number of nitrogens with zero attached hydrogens (tertiary/aromatic N) is 1. The number of ether oxygens (including phenoxy) is 1. The van der Waals surface area contributed by atoms with Crippen LogP contribution in [0.1, 0.15) is 43.2 Å². The molecule has 2 aromatic rings. The van der Waals surface area contributed by atoms with Crippen LogP contribution in [0.2, 0.25) is 0 Å². The van der Waals surface area contributed by atoms with Crippen molar-refractivity contribution in [1.82, 2.24) is 10.2 Å². The Bertz CT molecular complexity index is 1090. The van der Waals surface area contributed by atoms with Gasteiger partial charge < -0.3 is 20.1 Å². The van der Waals surface area contributed by atoms with E-state index in [9.17, 15) is 19.5 Å². The summed E-state index contributed by atoms with van der Waals surface area (Å²) in [6, 6.07) is 19.0. The van der Waals surface area contributed by atoms with Crippen LogP contribution in [0.5, 0.6) is 0 Å². The lowest BCUT2D eigenvalue weighted by Crippen LogP contribution is -2.45. The molecule has 0 aromatic heterocycles. The molecular formula is C31H38N2O5. The zero-order valence-corrected chi connectivity index (χ0v) is 21.8. The van der Waals surface area contributed by atoms with E-state index in [1.807, 2.05) is 72.8 Å². The highest BCUT2D eigenvalue weighted by molar-refractivity contribution is 5.86. The van der Waals surface area contributed by atoms with E-state index in [2.05, 4.69) is 5.32 Å². The summed E-state index contributed by atoms with van der Waals surface area (Å²) in [5, 5.41) is 12.8. The second-order valence-corrected chi connectivity index (χ2v) is 10.3. The van der Waals surface area contributed by atoms with Gasteiger partial charge in [0.25, 0.3) is 0 Å². The van der Waals surface area contributed by atoms with Crippen molar-refractivity contribution in [3.05, 3.63) is 83.9 Å². The molecular weight excluding hydrogens is 480 g/mol. The lowest BCUT2D eigenvalue weighted by molar-refractivity contribution is -0.152. The van der Waals surface area contributed by atoms with Gasteiger partial charge in [0.15, 0.2) is 0 Å². The number of nitrogens with one attached hydrogen (secondary N) is 1. The van der Waals surface area contributed by atoms with E-state index in [0.717, 1.165) is 24.0 Å². The third kappa shape index (κ3) is 7.78. The molecule has 2 aliphatic heterocycles. The van der Waals surface area contributed by atoms with Gasteiger partial charge in [-0.2, -0.15) is 0 Å². The molecule has 2 amide bonds. The number of aliphatic hydroxyl groups is 1. The molecule has 2 N–H and O–H groups in total. The van der Waals surface area contributed by atoms with E-state index < -0.39 is 12.0 Å². The Labute approximate surface area is 224 Å². The number of benzene rings is 2. The summed E-state index contributed by atoms with van der Waals surface area (Å²) in [5.74, 6) is -1.37. The molecule has 0 spiro atoms. The maximum Gasteiger partial charge on any atom is 0.309 e. The number of aliphatic hydroxyl groups excluding tert-OH is 1. The van der Waals surface area contributed by atoms with Gasteiger partial charge in [-0.1, -0.05) is 72.8 Å². The van der Waals surface area contributed by atoms with Gasteiger partial charge in [-0.15, -0.1) is 0 Å². The van der Waals surface area contributed by atoms with Crippen molar-refractivity contribution in [2.75, 3.05) is 19.8 Å². The molecule has 7 nitrogen and oxygen atoms in total. The minimum Gasteiger partial charge on any atom is -0.463 e. The van der Waals surface area contributed by atoms with Gasteiger partial charge in [-0.05, 0) is 49.7 Å². The van der Waals surface area contributed by atoms with Crippen molar-refractivity contribution in [3.8, 4) is 0 Å². The summed E-state index contributed by atoms with van der Waals surface area (Å²) in [5.41, 5.74) is 2.10. The largest absolute Gasteiger partial charge is 0.463 e. The Hall–Kier alpha value is -3.45. The number of esters is 1. The number of hydrogen-bond acceptors (Lipinski definition) is 5. The second kappa shape index (κ2) is 13.9. The van der Waals surface area contributed by atoms with Crippen LogP contribution < -0.4 is 5.32 Å². The molecule has 0 bridgehead atoms. The molecule has 2 aliphatic rings. The van der Waals surface area contributed by atoms with Gasteiger partial charge >= 0.3 is 5.97 Å². The molecule has 4 atom stereocenters. The normalized spacial score (nSPS) is 23.1. The van der Waals surface area contributed by atoms with E-state index in [4.69, 9.17) is 4.74 Å². The lowest BCUT2D eigenvalue weighted by Gasteiger charge is -2.29. The number of carbonyl (C=O) groups excluding carboxylic acids is 3. The fraction of sp³-hybridized carbons (Fsp3) is 0.452. The lowest BCUT2D eigenvalue weighted by atomic mass is 9.94. The molecule has 202 valence electrons. The summed E-state index contributed by atoms with van der Waals surface area (Å²) in [6.07, 6.45) is 7.57. The molecule has 0 aliphatic carbocycles. The Morgan fingerprint density at radius 3 is 2.32 bits per heavy atom. The monoisotopic (exact) mass is 518 g/mol. The molecule has 4 rings (SSSR count). The van der Waals surface area contributed by atoms with Crippen molar-refractivity contribution in [2.45, 2.75) is 57.0 Å². The number of fused-ring (bicyclic) bond motifs is 1. The standard InChI is InChI=1S/C31H38N2O5/c34-21-27(19-24-12-5-2-6-13-24)32-29(35)20-25-14-7-8-15-26(18-23-10-3-1-4-11-23)31(37)38-22-28-16-9-17-33(28)30(25)36/h1-8,10-13,25-28,34H,9,14-22H2,(H,32,35)/t25-,26+,27-,28+/m1/s1. The first-order valence-electron chi connectivity index (χ1n) is 13.6. The van der Waals surface area contributed by atoms with Crippen molar-refractivity contribution in [2.24, 2.45) is 11.8 Å². The summed E-state index contributed by atoms with van der Waals surface area (Å²) >= 11 is 0. The Morgan fingerprint density at radius 1 is 0.974 bits per heavy atom. The summed E-state index contributed by atoms with van der Waals surface area (Å²) in [6.45, 7) is 0.604. The number of amides is 2. The van der Waals surface area contributed by atoms with Gasteiger partial charge in [-0.25, -0.2) is 0 Å². The molecule has 0 saturated carbocycles. The number of rotatable bonds is 8. The molecule has 0 unspecified atom stereocenters. The van der Waals surface area contributed by atoms with Gasteiger partial charge in [0, 0.05) is 13.0 Å². The van der Waals surface area contributed by atoms with Gasteiger partial charge in [-0.3, -0.25) is 14.4 Å². The van der Waals surface area contributed by atoms with E-state index in [0.29, 0.717) is 32.2 Å². The van der Waals surface area contributed by atoms with Crippen molar-refractivity contribution >= 4 is 17.8 Å². The molecule has 0 radical (unpaired) electrons. The topological polar surface area (TPSA) is 95.9 Å². The Morgan fingerprint density at radius 2 is 1.63 bits per heavy atom. The second-order valence-electron chi connectivity index (χ2n) is 10.3. The number of carbonyl (C=O) groups is 3. The Balaban J connectivity index is 1.44. The highest BCUT2D eigenvalue weighted by Gasteiger charge is 2.35. The SMILES string of the molecule is O=C(C[C@H]1CC=CC[C@@H](Cc2ccccc2)C(=O)OC[C@@H]2CCCN2C1=O)N[C@@H](CO)Cc1ccccc1. The predicted molar refractivity (Wildman–Crippen MR) is 145 cm³/mol. The molecule has 2 heterocycles. The summed E-state index contributed by atoms with van der Waals surface area (Å²) < 4.78 is 5.73. The van der Waals surface area contributed by atoms with Crippen molar-refractivity contribution < 1.29 is 24.2 Å². The molecule has 38 heavy (non-hydrogen) atoms. The first-order valence-corrected chi connectivity index (χ1v) is 13.6. The maximum atomic E-state index is 13.5. The summed E-state index contributed by atoms with van der Waals surface area (Å²) in [7, 11) is 0. The van der Waals surface area contributed by atoms with Gasteiger partial charge in [0.05, 0.1) is 30.5 Å². The first kappa shape index (κ1) is 27.6. The zero-order chi connectivity index (χ0) is 26.7.